The maximum Gasteiger partial charge on any atom is 0.240 e. The lowest BCUT2D eigenvalue weighted by Crippen LogP contribution is -2.45. The van der Waals surface area contributed by atoms with E-state index < -0.39 is 10.0 Å². The third-order valence-electron chi connectivity index (χ3n) is 3.74. The number of hydrogen-bond acceptors (Lipinski definition) is 6. The Morgan fingerprint density at radius 3 is 2.83 bits per heavy atom. The predicted octanol–water partition coefficient (Wildman–Crippen LogP) is 0.778. The van der Waals surface area contributed by atoms with Gasteiger partial charge in [-0.25, -0.2) is 13.6 Å². The predicted molar refractivity (Wildman–Crippen MR) is 86.3 cm³/mol. The Morgan fingerprint density at radius 2 is 2.22 bits per heavy atom. The number of carbonyl (C=O) groups is 1. The SMILES string of the molecule is CCC(=O)c1ccc(N2CCO[C@@H](COC)C2)c(S(N)(=O)=O)c1. The number of hydrogen-bond donors (Lipinski definition) is 1. The van der Waals surface area contributed by atoms with Gasteiger partial charge in [-0.1, -0.05) is 6.92 Å². The van der Waals surface area contributed by atoms with Crippen molar-refractivity contribution in [3.8, 4) is 0 Å². The summed E-state index contributed by atoms with van der Waals surface area (Å²) in [6.45, 7) is 3.66. The molecule has 23 heavy (non-hydrogen) atoms. The quantitative estimate of drug-likeness (QED) is 0.767. The van der Waals surface area contributed by atoms with Crippen LogP contribution in [-0.2, 0) is 19.5 Å². The van der Waals surface area contributed by atoms with Crippen LogP contribution in [0.15, 0.2) is 23.1 Å². The first kappa shape index (κ1) is 17.9. The Morgan fingerprint density at radius 1 is 1.48 bits per heavy atom. The number of ether oxygens (including phenoxy) is 2. The van der Waals surface area contributed by atoms with Gasteiger partial charge in [-0.05, 0) is 18.2 Å². The zero-order valence-electron chi connectivity index (χ0n) is 13.3. The second-order valence-electron chi connectivity index (χ2n) is 5.40. The van der Waals surface area contributed by atoms with E-state index in [4.69, 9.17) is 14.6 Å². The molecule has 0 spiro atoms. The van der Waals surface area contributed by atoms with Crippen molar-refractivity contribution in [2.75, 3.05) is 38.3 Å². The van der Waals surface area contributed by atoms with Crippen LogP contribution < -0.4 is 10.0 Å². The molecule has 7 nitrogen and oxygen atoms in total. The zero-order chi connectivity index (χ0) is 17.0. The van der Waals surface area contributed by atoms with E-state index in [1.54, 1.807) is 26.2 Å². The highest BCUT2D eigenvalue weighted by molar-refractivity contribution is 7.89. The van der Waals surface area contributed by atoms with Gasteiger partial charge >= 0.3 is 0 Å². The molecule has 1 fully saturated rings. The minimum Gasteiger partial charge on any atom is -0.382 e. The number of ketones is 1. The fourth-order valence-electron chi connectivity index (χ4n) is 2.61. The van der Waals surface area contributed by atoms with Gasteiger partial charge in [0.05, 0.1) is 25.0 Å². The van der Waals surface area contributed by atoms with Crippen molar-refractivity contribution >= 4 is 21.5 Å². The van der Waals surface area contributed by atoms with Gasteiger partial charge in [-0.15, -0.1) is 0 Å². The van der Waals surface area contributed by atoms with E-state index in [1.165, 1.54) is 6.07 Å². The summed E-state index contributed by atoms with van der Waals surface area (Å²) in [5.74, 6) is -0.124. The molecule has 1 heterocycles. The van der Waals surface area contributed by atoms with Gasteiger partial charge in [0.25, 0.3) is 0 Å². The van der Waals surface area contributed by atoms with Crippen LogP contribution in [0, 0.1) is 0 Å². The third-order valence-corrected chi connectivity index (χ3v) is 4.68. The van der Waals surface area contributed by atoms with Gasteiger partial charge < -0.3 is 14.4 Å². The zero-order valence-corrected chi connectivity index (χ0v) is 14.1. The second-order valence-corrected chi connectivity index (χ2v) is 6.93. The van der Waals surface area contributed by atoms with Gasteiger partial charge in [-0.2, -0.15) is 0 Å². The first-order chi connectivity index (χ1) is 10.9. The van der Waals surface area contributed by atoms with E-state index in [-0.39, 0.29) is 16.8 Å². The molecule has 2 rings (SSSR count). The topological polar surface area (TPSA) is 98.9 Å². The number of nitrogens with zero attached hydrogens (tertiary/aromatic N) is 1. The van der Waals surface area contributed by atoms with E-state index >= 15 is 0 Å². The molecule has 0 unspecified atom stereocenters. The molecular formula is C15H22N2O5S. The van der Waals surface area contributed by atoms with Crippen LogP contribution in [0.1, 0.15) is 23.7 Å². The number of morpholine rings is 1. The molecule has 1 saturated heterocycles. The lowest BCUT2D eigenvalue weighted by Gasteiger charge is -2.35. The highest BCUT2D eigenvalue weighted by Crippen LogP contribution is 2.28. The Hall–Kier alpha value is -1.48. The number of sulfonamides is 1. The normalized spacial score (nSPS) is 18.9. The molecule has 2 N–H and O–H groups in total. The molecule has 0 saturated carbocycles. The molecule has 0 amide bonds. The Kier molecular flexibility index (Phi) is 5.74. The van der Waals surface area contributed by atoms with E-state index in [2.05, 4.69) is 0 Å². The van der Waals surface area contributed by atoms with E-state index in [0.29, 0.717) is 44.0 Å². The Labute approximate surface area is 136 Å². The Balaban J connectivity index is 2.39. The summed E-state index contributed by atoms with van der Waals surface area (Å²) >= 11 is 0. The summed E-state index contributed by atoms with van der Waals surface area (Å²) in [5.41, 5.74) is 0.839. The van der Waals surface area contributed by atoms with Gasteiger partial charge in [0, 0.05) is 32.2 Å². The molecule has 0 radical (unpaired) electrons. The largest absolute Gasteiger partial charge is 0.382 e. The molecule has 1 aliphatic heterocycles. The fraction of sp³-hybridized carbons (Fsp3) is 0.533. The third kappa shape index (κ3) is 4.29. The summed E-state index contributed by atoms with van der Waals surface area (Å²) in [7, 11) is -2.36. The van der Waals surface area contributed by atoms with Crippen molar-refractivity contribution in [2.24, 2.45) is 5.14 Å². The number of anilines is 1. The van der Waals surface area contributed by atoms with Crippen LogP contribution in [-0.4, -0.2) is 53.7 Å². The van der Waals surface area contributed by atoms with Crippen LogP contribution in [0.25, 0.3) is 0 Å². The van der Waals surface area contributed by atoms with Crippen LogP contribution >= 0.6 is 0 Å². The van der Waals surface area contributed by atoms with Crippen LogP contribution in [0.3, 0.4) is 0 Å². The van der Waals surface area contributed by atoms with Crippen molar-refractivity contribution in [3.63, 3.8) is 0 Å². The number of primary sulfonamides is 1. The maximum atomic E-state index is 12.0. The fourth-order valence-corrected chi connectivity index (χ4v) is 3.39. The molecule has 1 aromatic carbocycles. The number of carbonyl (C=O) groups excluding carboxylic acids is 1. The highest BCUT2D eigenvalue weighted by Gasteiger charge is 2.26. The van der Waals surface area contributed by atoms with E-state index in [1.807, 2.05) is 4.90 Å². The van der Waals surface area contributed by atoms with Gasteiger partial charge in [0.15, 0.2) is 5.78 Å². The number of benzene rings is 1. The van der Waals surface area contributed by atoms with Crippen molar-refractivity contribution in [2.45, 2.75) is 24.3 Å². The maximum absolute atomic E-state index is 12.0. The van der Waals surface area contributed by atoms with Crippen molar-refractivity contribution in [3.05, 3.63) is 23.8 Å². The van der Waals surface area contributed by atoms with Crippen molar-refractivity contribution < 1.29 is 22.7 Å². The molecule has 8 heteroatoms. The minimum atomic E-state index is -3.94. The van der Waals surface area contributed by atoms with Crippen molar-refractivity contribution in [1.82, 2.24) is 0 Å². The second kappa shape index (κ2) is 7.39. The molecule has 1 aromatic rings. The lowest BCUT2D eigenvalue weighted by molar-refractivity contribution is -0.0101. The van der Waals surface area contributed by atoms with Crippen molar-refractivity contribution in [1.29, 1.82) is 0 Å². The standard InChI is InChI=1S/C15H22N2O5S/c1-3-14(18)11-4-5-13(15(8-11)23(16,19)20)17-6-7-22-12(9-17)10-21-2/h4-5,8,12H,3,6-7,9-10H2,1-2H3,(H2,16,19,20)/t12-/m1/s1. The van der Waals surface area contributed by atoms with Crippen LogP contribution in [0.5, 0.6) is 0 Å². The molecule has 0 aliphatic carbocycles. The number of Topliss-reactive ketones (excluding diaryl/α,β-unsaturated/α-hetero) is 1. The van der Waals surface area contributed by atoms with Gasteiger partial charge in [0.2, 0.25) is 10.0 Å². The molecule has 0 bridgehead atoms. The molecule has 1 aliphatic rings. The van der Waals surface area contributed by atoms with Crippen LogP contribution in [0.2, 0.25) is 0 Å². The average molecular weight is 342 g/mol. The summed E-state index contributed by atoms with van der Waals surface area (Å²) in [6, 6.07) is 4.63. The first-order valence-corrected chi connectivity index (χ1v) is 8.97. The molecule has 128 valence electrons. The summed E-state index contributed by atoms with van der Waals surface area (Å²) in [5, 5.41) is 5.35. The number of methoxy groups -OCH3 is 1. The molecule has 1 atom stereocenters. The minimum absolute atomic E-state index is 0.0325. The van der Waals surface area contributed by atoms with E-state index in [0.717, 1.165) is 0 Å². The lowest BCUT2D eigenvalue weighted by atomic mass is 10.1. The van der Waals surface area contributed by atoms with E-state index in [9.17, 15) is 13.2 Å². The monoisotopic (exact) mass is 342 g/mol. The van der Waals surface area contributed by atoms with Crippen LogP contribution in [0.4, 0.5) is 5.69 Å². The number of rotatable bonds is 6. The first-order valence-electron chi connectivity index (χ1n) is 7.42. The van der Waals surface area contributed by atoms with Gasteiger partial charge in [-0.3, -0.25) is 4.79 Å². The molecular weight excluding hydrogens is 320 g/mol. The average Bonchev–Trinajstić information content (AvgIpc) is 2.53. The highest BCUT2D eigenvalue weighted by atomic mass is 32.2. The molecule has 0 aromatic heterocycles. The van der Waals surface area contributed by atoms with Gasteiger partial charge in [0.1, 0.15) is 4.90 Å². The summed E-state index contributed by atoms with van der Waals surface area (Å²) in [4.78, 5) is 13.7. The number of nitrogens with two attached hydrogens (primary N) is 1. The summed E-state index contributed by atoms with van der Waals surface area (Å²) in [6.07, 6.45) is 0.163. The summed E-state index contributed by atoms with van der Waals surface area (Å²) < 4.78 is 34.6. The smallest absolute Gasteiger partial charge is 0.240 e. The Bertz CT molecular complexity index is 672.